The molecule has 2 fully saturated rings. The molecule has 0 spiro atoms. The van der Waals surface area contributed by atoms with Crippen molar-refractivity contribution in [2.75, 3.05) is 19.8 Å². The Labute approximate surface area is 85.1 Å². The maximum absolute atomic E-state index is 10.3. The molecule has 82 valence electrons. The molecule has 14 heavy (non-hydrogen) atoms. The van der Waals surface area contributed by atoms with Crippen molar-refractivity contribution in [1.82, 2.24) is 0 Å². The monoisotopic (exact) mass is 200 g/mol. The first kappa shape index (κ1) is 10.4. The predicted molar refractivity (Wildman–Crippen MR) is 53.0 cm³/mol. The molecular weight excluding hydrogens is 180 g/mol. The summed E-state index contributed by atoms with van der Waals surface area (Å²) in [6, 6.07) is 0. The van der Waals surface area contributed by atoms with Crippen LogP contribution in [0, 0.1) is 5.41 Å². The van der Waals surface area contributed by atoms with Gasteiger partial charge in [-0.15, -0.1) is 0 Å². The summed E-state index contributed by atoms with van der Waals surface area (Å²) in [4.78, 5) is 0. The lowest BCUT2D eigenvalue weighted by Crippen LogP contribution is -2.63. The van der Waals surface area contributed by atoms with Crippen molar-refractivity contribution < 1.29 is 14.9 Å². The van der Waals surface area contributed by atoms with Gasteiger partial charge in [0.1, 0.15) is 5.60 Å². The van der Waals surface area contributed by atoms with Crippen molar-refractivity contribution in [1.29, 1.82) is 0 Å². The van der Waals surface area contributed by atoms with Gasteiger partial charge in [-0.3, -0.25) is 0 Å². The molecule has 2 rings (SSSR count). The molecule has 0 aromatic carbocycles. The van der Waals surface area contributed by atoms with E-state index in [1.54, 1.807) is 0 Å². The second-order valence-corrected chi connectivity index (χ2v) is 4.88. The minimum atomic E-state index is -0.744. The zero-order valence-electron chi connectivity index (χ0n) is 8.67. The van der Waals surface area contributed by atoms with Crippen LogP contribution in [0.2, 0.25) is 0 Å². The van der Waals surface area contributed by atoms with Crippen molar-refractivity contribution in [2.24, 2.45) is 5.41 Å². The molecule has 2 aliphatic rings. The molecule has 0 radical (unpaired) electrons. The van der Waals surface area contributed by atoms with Crippen LogP contribution in [-0.4, -0.2) is 35.6 Å². The molecule has 3 heteroatoms. The quantitative estimate of drug-likeness (QED) is 0.656. The molecular formula is C11H20O3. The fourth-order valence-electron chi connectivity index (χ4n) is 2.78. The summed E-state index contributed by atoms with van der Waals surface area (Å²) in [5, 5.41) is 19.9. The van der Waals surface area contributed by atoms with Gasteiger partial charge in [0.2, 0.25) is 0 Å². The van der Waals surface area contributed by atoms with Crippen LogP contribution in [0.3, 0.4) is 0 Å². The first-order valence-electron chi connectivity index (χ1n) is 5.63. The van der Waals surface area contributed by atoms with Gasteiger partial charge in [0.15, 0.2) is 0 Å². The van der Waals surface area contributed by atoms with E-state index >= 15 is 0 Å². The van der Waals surface area contributed by atoms with Crippen LogP contribution in [0.1, 0.15) is 38.5 Å². The van der Waals surface area contributed by atoms with E-state index in [1.807, 2.05) is 0 Å². The molecule has 0 bridgehead atoms. The third-order valence-electron chi connectivity index (χ3n) is 4.03. The number of rotatable bonds is 2. The Morgan fingerprint density at radius 1 is 1.00 bits per heavy atom. The molecule has 1 aliphatic carbocycles. The summed E-state index contributed by atoms with van der Waals surface area (Å²) in [6.45, 7) is 0.925. The van der Waals surface area contributed by atoms with Crippen molar-refractivity contribution in [3.05, 3.63) is 0 Å². The van der Waals surface area contributed by atoms with Crippen molar-refractivity contribution in [3.63, 3.8) is 0 Å². The second kappa shape index (κ2) is 3.80. The Balaban J connectivity index is 2.13. The van der Waals surface area contributed by atoms with Crippen LogP contribution in [0.4, 0.5) is 0 Å². The van der Waals surface area contributed by atoms with Crippen LogP contribution >= 0.6 is 0 Å². The number of aliphatic hydroxyl groups excluding tert-OH is 1. The van der Waals surface area contributed by atoms with E-state index in [2.05, 4.69) is 0 Å². The second-order valence-electron chi connectivity index (χ2n) is 4.88. The molecule has 3 nitrogen and oxygen atoms in total. The average Bonchev–Trinajstić information content (AvgIpc) is 2.40. The Hall–Kier alpha value is -0.120. The molecule has 1 heterocycles. The van der Waals surface area contributed by atoms with Crippen molar-refractivity contribution in [3.8, 4) is 0 Å². The van der Waals surface area contributed by atoms with Gasteiger partial charge in [0, 0.05) is 5.41 Å². The predicted octanol–water partition coefficient (Wildman–Crippen LogP) is 1.08. The molecule has 1 saturated carbocycles. The zero-order valence-corrected chi connectivity index (χ0v) is 8.67. The summed E-state index contributed by atoms with van der Waals surface area (Å²) >= 11 is 0. The fourth-order valence-corrected chi connectivity index (χ4v) is 2.78. The van der Waals surface area contributed by atoms with Gasteiger partial charge in [0.05, 0.1) is 19.8 Å². The number of hydrogen-bond acceptors (Lipinski definition) is 3. The lowest BCUT2D eigenvalue weighted by Gasteiger charge is -2.51. The maximum atomic E-state index is 10.3. The van der Waals surface area contributed by atoms with Gasteiger partial charge < -0.3 is 14.9 Å². The van der Waals surface area contributed by atoms with Gasteiger partial charge in [-0.05, 0) is 12.8 Å². The van der Waals surface area contributed by atoms with Crippen molar-refractivity contribution >= 4 is 0 Å². The summed E-state index contributed by atoms with van der Waals surface area (Å²) in [6.07, 6.45) is 6.62. The van der Waals surface area contributed by atoms with Crippen LogP contribution in [-0.2, 0) is 4.74 Å². The van der Waals surface area contributed by atoms with E-state index in [1.165, 1.54) is 12.8 Å². The molecule has 0 aromatic heterocycles. The SMILES string of the molecule is OCC1(C2(O)COC2)CCCCCC1. The summed E-state index contributed by atoms with van der Waals surface area (Å²) in [5.74, 6) is 0. The highest BCUT2D eigenvalue weighted by Gasteiger charge is 2.54. The summed E-state index contributed by atoms with van der Waals surface area (Å²) < 4.78 is 5.10. The van der Waals surface area contributed by atoms with Crippen molar-refractivity contribution in [2.45, 2.75) is 44.1 Å². The minimum absolute atomic E-state index is 0.104. The molecule has 1 aliphatic heterocycles. The lowest BCUT2D eigenvalue weighted by atomic mass is 9.66. The molecule has 0 unspecified atom stereocenters. The van der Waals surface area contributed by atoms with Crippen LogP contribution in [0.25, 0.3) is 0 Å². The highest BCUT2D eigenvalue weighted by molar-refractivity contribution is 5.03. The fraction of sp³-hybridized carbons (Fsp3) is 1.00. The number of hydrogen-bond donors (Lipinski definition) is 2. The molecule has 1 saturated heterocycles. The van der Waals surface area contributed by atoms with E-state index < -0.39 is 5.60 Å². The molecule has 2 N–H and O–H groups in total. The van der Waals surface area contributed by atoms with Crippen LogP contribution < -0.4 is 0 Å². The Morgan fingerprint density at radius 3 is 1.93 bits per heavy atom. The first-order valence-corrected chi connectivity index (χ1v) is 5.63. The average molecular weight is 200 g/mol. The van der Waals surface area contributed by atoms with Gasteiger partial charge >= 0.3 is 0 Å². The van der Waals surface area contributed by atoms with E-state index in [0.717, 1.165) is 25.7 Å². The Kier molecular flexibility index (Phi) is 2.82. The standard InChI is InChI=1S/C11H20O3/c12-7-10(11(13)8-14-9-11)5-3-1-2-4-6-10/h12-13H,1-9H2. The van der Waals surface area contributed by atoms with Gasteiger partial charge in [0.25, 0.3) is 0 Å². The first-order chi connectivity index (χ1) is 6.72. The van der Waals surface area contributed by atoms with E-state index in [0.29, 0.717) is 13.2 Å². The summed E-state index contributed by atoms with van der Waals surface area (Å²) in [7, 11) is 0. The topological polar surface area (TPSA) is 49.7 Å². The largest absolute Gasteiger partial charge is 0.396 e. The number of ether oxygens (including phenoxy) is 1. The Bertz CT molecular complexity index is 191. The molecule has 0 atom stereocenters. The zero-order chi connectivity index (χ0) is 10.1. The normalized spacial score (nSPS) is 30.4. The smallest absolute Gasteiger partial charge is 0.119 e. The van der Waals surface area contributed by atoms with Crippen LogP contribution in [0.5, 0.6) is 0 Å². The van der Waals surface area contributed by atoms with Gasteiger partial charge in [-0.2, -0.15) is 0 Å². The van der Waals surface area contributed by atoms with Gasteiger partial charge in [-0.1, -0.05) is 25.7 Å². The van der Waals surface area contributed by atoms with Gasteiger partial charge in [-0.25, -0.2) is 0 Å². The third kappa shape index (κ3) is 1.47. The maximum Gasteiger partial charge on any atom is 0.119 e. The molecule has 0 aromatic rings. The van der Waals surface area contributed by atoms with Crippen LogP contribution in [0.15, 0.2) is 0 Å². The highest BCUT2D eigenvalue weighted by atomic mass is 16.5. The van der Waals surface area contributed by atoms with E-state index in [9.17, 15) is 10.2 Å². The lowest BCUT2D eigenvalue weighted by molar-refractivity contribution is -0.253. The number of aliphatic hydroxyl groups is 2. The Morgan fingerprint density at radius 2 is 1.57 bits per heavy atom. The highest BCUT2D eigenvalue weighted by Crippen LogP contribution is 2.46. The van der Waals surface area contributed by atoms with E-state index in [-0.39, 0.29) is 12.0 Å². The summed E-state index contributed by atoms with van der Waals surface area (Å²) in [5.41, 5.74) is -1.02. The van der Waals surface area contributed by atoms with E-state index in [4.69, 9.17) is 4.74 Å². The minimum Gasteiger partial charge on any atom is -0.396 e. The molecule has 0 amide bonds. The third-order valence-corrected chi connectivity index (χ3v) is 4.03.